The van der Waals surface area contributed by atoms with Gasteiger partial charge in [-0.05, 0) is 57.8 Å². The zero-order valence-electron chi connectivity index (χ0n) is 56.5. The van der Waals surface area contributed by atoms with Crippen LogP contribution >= 0.6 is 0 Å². The quantitative estimate of drug-likeness (QED) is 0.0320. The molecule has 492 valence electrons. The molecule has 0 aliphatic rings. The topological polar surface area (TPSA) is 95.9 Å². The molecular formula is C77H149NO5. The normalized spacial score (nSPS) is 12.6. The zero-order valence-corrected chi connectivity index (χ0v) is 56.5. The minimum absolute atomic E-state index is 0.0150. The third-order valence-corrected chi connectivity index (χ3v) is 18.0. The van der Waals surface area contributed by atoms with Crippen LogP contribution in [0.3, 0.4) is 0 Å². The number of amides is 1. The molecule has 0 fully saturated rings. The molecular weight excluding hydrogens is 1020 g/mol. The molecule has 0 radical (unpaired) electrons. The number of rotatable bonds is 72. The maximum absolute atomic E-state index is 12.6. The van der Waals surface area contributed by atoms with E-state index >= 15 is 0 Å². The van der Waals surface area contributed by atoms with Crippen molar-refractivity contribution in [2.45, 2.75) is 443 Å². The summed E-state index contributed by atoms with van der Waals surface area (Å²) in [5.41, 5.74) is 0. The van der Waals surface area contributed by atoms with Crippen molar-refractivity contribution < 1.29 is 24.5 Å². The number of unbranched alkanes of at least 4 members (excludes halogenated alkanes) is 57. The molecule has 1 amide bonds. The highest BCUT2D eigenvalue weighted by atomic mass is 16.5. The first-order valence-electron chi connectivity index (χ1n) is 38.1. The van der Waals surface area contributed by atoms with Crippen LogP contribution in [0.25, 0.3) is 0 Å². The summed E-state index contributed by atoms with van der Waals surface area (Å²) >= 11 is 0. The van der Waals surface area contributed by atoms with Gasteiger partial charge in [0.1, 0.15) is 0 Å². The van der Waals surface area contributed by atoms with Gasteiger partial charge in [0.05, 0.1) is 25.4 Å². The molecule has 6 nitrogen and oxygen atoms in total. The van der Waals surface area contributed by atoms with E-state index in [2.05, 4.69) is 43.5 Å². The molecule has 0 saturated heterocycles. The summed E-state index contributed by atoms with van der Waals surface area (Å²) in [7, 11) is 0. The Morgan fingerprint density at radius 3 is 0.916 bits per heavy atom. The fourth-order valence-corrected chi connectivity index (χ4v) is 12.2. The highest BCUT2D eigenvalue weighted by molar-refractivity contribution is 5.76. The van der Waals surface area contributed by atoms with Gasteiger partial charge in [-0.3, -0.25) is 9.59 Å². The lowest BCUT2D eigenvalue weighted by Crippen LogP contribution is -2.45. The fourth-order valence-electron chi connectivity index (χ4n) is 12.2. The van der Waals surface area contributed by atoms with E-state index in [1.165, 1.54) is 353 Å². The molecule has 6 heteroatoms. The fraction of sp³-hybridized carbons (Fsp3) is 0.922. The highest BCUT2D eigenvalue weighted by Crippen LogP contribution is 2.20. The summed E-state index contributed by atoms with van der Waals surface area (Å²) in [4.78, 5) is 24.7. The molecule has 0 spiro atoms. The summed E-state index contributed by atoms with van der Waals surface area (Å²) in [5, 5.41) is 23.4. The summed E-state index contributed by atoms with van der Waals surface area (Å²) in [6.45, 7) is 5.00. The number of hydrogen-bond acceptors (Lipinski definition) is 5. The van der Waals surface area contributed by atoms with Crippen molar-refractivity contribution >= 4 is 11.9 Å². The Kier molecular flexibility index (Phi) is 71.4. The first-order valence-corrected chi connectivity index (χ1v) is 38.1. The van der Waals surface area contributed by atoms with E-state index in [1.807, 2.05) is 0 Å². The number of aliphatic hydroxyl groups is 2. The van der Waals surface area contributed by atoms with Crippen LogP contribution in [0, 0.1) is 0 Å². The van der Waals surface area contributed by atoms with Crippen molar-refractivity contribution in [3.63, 3.8) is 0 Å². The van der Waals surface area contributed by atoms with Gasteiger partial charge >= 0.3 is 5.97 Å². The lowest BCUT2D eigenvalue weighted by molar-refractivity contribution is -0.143. The van der Waals surface area contributed by atoms with E-state index in [1.54, 1.807) is 0 Å². The van der Waals surface area contributed by atoms with Gasteiger partial charge in [-0.1, -0.05) is 385 Å². The van der Waals surface area contributed by atoms with Gasteiger partial charge in [0.2, 0.25) is 5.91 Å². The molecule has 0 heterocycles. The van der Waals surface area contributed by atoms with Gasteiger partial charge in [0.25, 0.3) is 0 Å². The van der Waals surface area contributed by atoms with Crippen molar-refractivity contribution in [2.75, 3.05) is 13.2 Å². The van der Waals surface area contributed by atoms with Crippen LogP contribution in [0.2, 0.25) is 0 Å². The van der Waals surface area contributed by atoms with E-state index < -0.39 is 12.1 Å². The van der Waals surface area contributed by atoms with Gasteiger partial charge in [-0.25, -0.2) is 0 Å². The Labute approximate surface area is 520 Å². The first-order chi connectivity index (χ1) is 41.0. The molecule has 0 aromatic carbocycles. The largest absolute Gasteiger partial charge is 0.466 e. The second kappa shape index (κ2) is 72.8. The van der Waals surface area contributed by atoms with Crippen LogP contribution in [0.4, 0.5) is 0 Å². The summed E-state index contributed by atoms with van der Waals surface area (Å²) < 4.78 is 5.51. The van der Waals surface area contributed by atoms with Crippen LogP contribution in [0.5, 0.6) is 0 Å². The lowest BCUT2D eigenvalue weighted by atomic mass is 10.0. The third-order valence-electron chi connectivity index (χ3n) is 18.0. The van der Waals surface area contributed by atoms with Crippen LogP contribution < -0.4 is 5.32 Å². The molecule has 2 atom stereocenters. The Morgan fingerprint density at radius 2 is 0.602 bits per heavy atom. The van der Waals surface area contributed by atoms with Crippen LogP contribution in [0.1, 0.15) is 431 Å². The maximum atomic E-state index is 12.6. The standard InChI is InChI=1S/C77H149NO5/c1-3-5-7-9-11-13-15-17-19-21-23-24-30-34-37-41-45-49-53-57-61-65-69-75(80)74(73-79)78-76(81)70-66-62-58-54-50-46-42-38-35-31-28-26-25-27-29-32-36-40-44-48-52-56-60-64-68-72-83-77(82)71-67-63-59-55-51-47-43-39-33-22-20-18-16-14-12-10-8-6-4-2/h26-29,74-75,79-80H,3-25,30-73H2,1-2H3,(H,78,81)/b28-26-,29-27-. The van der Waals surface area contributed by atoms with Crippen molar-refractivity contribution in [1.82, 2.24) is 5.32 Å². The van der Waals surface area contributed by atoms with Gasteiger partial charge in [0, 0.05) is 12.8 Å². The Bertz CT molecular complexity index is 1300. The number of carbonyl (C=O) groups is 2. The Morgan fingerprint density at radius 1 is 0.337 bits per heavy atom. The van der Waals surface area contributed by atoms with E-state index in [0.717, 1.165) is 44.9 Å². The predicted molar refractivity (Wildman–Crippen MR) is 366 cm³/mol. The first kappa shape index (κ1) is 81.3. The zero-order chi connectivity index (χ0) is 59.9. The van der Waals surface area contributed by atoms with Gasteiger partial charge < -0.3 is 20.3 Å². The Hall–Kier alpha value is -1.66. The molecule has 0 saturated carbocycles. The molecule has 0 aliphatic carbocycles. The van der Waals surface area contributed by atoms with Gasteiger partial charge in [0.15, 0.2) is 0 Å². The highest BCUT2D eigenvalue weighted by Gasteiger charge is 2.20. The number of nitrogens with one attached hydrogen (secondary N) is 1. The van der Waals surface area contributed by atoms with Crippen LogP contribution in [-0.4, -0.2) is 47.4 Å². The molecule has 0 bridgehead atoms. The maximum Gasteiger partial charge on any atom is 0.305 e. The monoisotopic (exact) mass is 1170 g/mol. The molecule has 83 heavy (non-hydrogen) atoms. The predicted octanol–water partition coefficient (Wildman–Crippen LogP) is 24.9. The average molecular weight is 1170 g/mol. The molecule has 0 aliphatic heterocycles. The molecule has 3 N–H and O–H groups in total. The SMILES string of the molecule is CCCCCCCCCCCCCCCCCCCCCCCCC(O)C(CO)NC(=O)CCCCCCCCCCC/C=C\C/C=C\CCCCCCCCCCCOC(=O)CCCCCCCCCCCCCCCCCCCCC. The summed E-state index contributed by atoms with van der Waals surface area (Å²) in [5.74, 6) is -0.0213. The van der Waals surface area contributed by atoms with Crippen molar-refractivity contribution in [3.8, 4) is 0 Å². The van der Waals surface area contributed by atoms with Crippen molar-refractivity contribution in [3.05, 3.63) is 24.3 Å². The minimum atomic E-state index is -0.670. The number of hydrogen-bond donors (Lipinski definition) is 3. The van der Waals surface area contributed by atoms with E-state index in [9.17, 15) is 19.8 Å². The second-order valence-corrected chi connectivity index (χ2v) is 26.3. The average Bonchev–Trinajstić information content (AvgIpc) is 3.49. The number of carbonyl (C=O) groups excluding carboxylic acids is 2. The second-order valence-electron chi connectivity index (χ2n) is 26.3. The van der Waals surface area contributed by atoms with E-state index in [4.69, 9.17) is 4.74 Å². The number of allylic oxidation sites excluding steroid dienone is 4. The van der Waals surface area contributed by atoms with Crippen molar-refractivity contribution in [1.29, 1.82) is 0 Å². The smallest absolute Gasteiger partial charge is 0.305 e. The van der Waals surface area contributed by atoms with Crippen LogP contribution in [-0.2, 0) is 14.3 Å². The van der Waals surface area contributed by atoms with Gasteiger partial charge in [-0.2, -0.15) is 0 Å². The van der Waals surface area contributed by atoms with Gasteiger partial charge in [-0.15, -0.1) is 0 Å². The summed E-state index contributed by atoms with van der Waals surface area (Å²) in [6, 6.07) is -0.547. The van der Waals surface area contributed by atoms with E-state index in [-0.39, 0.29) is 18.5 Å². The molecule has 0 aromatic heterocycles. The Balaban J connectivity index is 3.41. The minimum Gasteiger partial charge on any atom is -0.466 e. The number of ether oxygens (including phenoxy) is 1. The molecule has 0 aromatic rings. The van der Waals surface area contributed by atoms with Crippen LogP contribution in [0.15, 0.2) is 24.3 Å². The summed E-state index contributed by atoms with van der Waals surface area (Å²) in [6.07, 6.45) is 92.4. The number of esters is 1. The molecule has 2 unspecified atom stereocenters. The van der Waals surface area contributed by atoms with E-state index in [0.29, 0.717) is 25.9 Å². The lowest BCUT2D eigenvalue weighted by Gasteiger charge is -2.22. The third kappa shape index (κ3) is 69.3. The number of aliphatic hydroxyl groups excluding tert-OH is 2. The van der Waals surface area contributed by atoms with Crippen molar-refractivity contribution in [2.24, 2.45) is 0 Å². The molecule has 0 rings (SSSR count).